The Morgan fingerprint density at radius 3 is 2.53 bits per heavy atom. The minimum atomic E-state index is -2.55. The van der Waals surface area contributed by atoms with Crippen molar-refractivity contribution in [3.05, 3.63) is 0 Å². The maximum absolute atomic E-state index is 10.9. The molecule has 0 unspecified atom stereocenters. The summed E-state index contributed by atoms with van der Waals surface area (Å²) in [7, 11) is 0. The SMILES string of the molecule is CC(=O)N[C@H]1[C@H](CO)O[C@](O)(C(=O)O)C[C@@H]1O. The first kappa shape index (κ1) is 13.8. The minimum absolute atomic E-state index is 0.461. The van der Waals surface area contributed by atoms with Crippen LogP contribution in [0.4, 0.5) is 0 Å². The fourth-order valence-corrected chi connectivity index (χ4v) is 1.74. The molecule has 1 fully saturated rings. The van der Waals surface area contributed by atoms with Crippen molar-refractivity contribution in [3.63, 3.8) is 0 Å². The Morgan fingerprint density at radius 1 is 1.53 bits per heavy atom. The second-order valence-corrected chi connectivity index (χ2v) is 3.93. The monoisotopic (exact) mass is 249 g/mol. The summed E-state index contributed by atoms with van der Waals surface area (Å²) < 4.78 is 4.80. The van der Waals surface area contributed by atoms with Crippen LogP contribution in [0.2, 0.25) is 0 Å². The van der Waals surface area contributed by atoms with Gasteiger partial charge in [0.05, 0.1) is 18.8 Å². The van der Waals surface area contributed by atoms with Crippen LogP contribution in [0.15, 0.2) is 0 Å². The molecule has 0 saturated carbocycles. The van der Waals surface area contributed by atoms with Crippen LogP contribution in [0.25, 0.3) is 0 Å². The van der Waals surface area contributed by atoms with E-state index < -0.39 is 48.9 Å². The molecule has 8 nitrogen and oxygen atoms in total. The van der Waals surface area contributed by atoms with Crippen LogP contribution >= 0.6 is 0 Å². The smallest absolute Gasteiger partial charge is 0.364 e. The molecule has 1 amide bonds. The third-order valence-corrected chi connectivity index (χ3v) is 2.53. The van der Waals surface area contributed by atoms with Crippen molar-refractivity contribution in [1.82, 2.24) is 5.32 Å². The number of ether oxygens (including phenoxy) is 1. The number of amides is 1. The Hall–Kier alpha value is -1.22. The van der Waals surface area contributed by atoms with Gasteiger partial charge in [0.25, 0.3) is 5.79 Å². The van der Waals surface area contributed by atoms with E-state index in [4.69, 9.17) is 14.9 Å². The average molecular weight is 249 g/mol. The van der Waals surface area contributed by atoms with Crippen LogP contribution in [-0.2, 0) is 14.3 Å². The van der Waals surface area contributed by atoms with Crippen LogP contribution in [0.5, 0.6) is 0 Å². The van der Waals surface area contributed by atoms with Gasteiger partial charge in [0.15, 0.2) is 0 Å². The van der Waals surface area contributed by atoms with Crippen LogP contribution < -0.4 is 5.32 Å². The maximum Gasteiger partial charge on any atom is 0.364 e. The van der Waals surface area contributed by atoms with Crippen molar-refractivity contribution >= 4 is 11.9 Å². The molecule has 0 aromatic carbocycles. The molecule has 1 aliphatic rings. The summed E-state index contributed by atoms with van der Waals surface area (Å²) in [5, 5.41) is 39.3. The highest BCUT2D eigenvalue weighted by Crippen LogP contribution is 2.27. The summed E-state index contributed by atoms with van der Waals surface area (Å²) in [6.07, 6.45) is -3.11. The van der Waals surface area contributed by atoms with E-state index in [1.165, 1.54) is 6.92 Å². The predicted octanol–water partition coefficient (Wildman–Crippen LogP) is -2.59. The van der Waals surface area contributed by atoms with Gasteiger partial charge in [0.2, 0.25) is 5.91 Å². The number of aliphatic carboxylic acids is 1. The molecule has 17 heavy (non-hydrogen) atoms. The van der Waals surface area contributed by atoms with E-state index in [1.807, 2.05) is 0 Å². The lowest BCUT2D eigenvalue weighted by molar-refractivity contribution is -0.280. The number of aliphatic hydroxyl groups excluding tert-OH is 2. The molecule has 1 saturated heterocycles. The van der Waals surface area contributed by atoms with Gasteiger partial charge in [-0.25, -0.2) is 4.79 Å². The molecular formula is C9H15NO7. The molecule has 1 heterocycles. The van der Waals surface area contributed by atoms with Gasteiger partial charge in [-0.15, -0.1) is 0 Å². The molecule has 0 aromatic heterocycles. The van der Waals surface area contributed by atoms with Gasteiger partial charge in [-0.2, -0.15) is 0 Å². The highest BCUT2D eigenvalue weighted by molar-refractivity contribution is 5.76. The van der Waals surface area contributed by atoms with Gasteiger partial charge < -0.3 is 30.5 Å². The Kier molecular flexibility index (Phi) is 4.04. The standard InChI is InChI=1S/C9H15NO7/c1-4(12)10-7-5(13)2-9(16,8(14)15)17-6(7)3-11/h5-7,11,13,16H,2-3H2,1H3,(H,10,12)(H,14,15)/t5-,6-,7+,9-/m0/s1. The molecule has 1 rings (SSSR count). The predicted molar refractivity (Wildman–Crippen MR) is 52.8 cm³/mol. The highest BCUT2D eigenvalue weighted by Gasteiger charge is 2.50. The first-order valence-corrected chi connectivity index (χ1v) is 5.00. The highest BCUT2D eigenvalue weighted by atomic mass is 16.7. The van der Waals surface area contributed by atoms with E-state index in [1.54, 1.807) is 0 Å². The zero-order valence-electron chi connectivity index (χ0n) is 9.16. The summed E-state index contributed by atoms with van der Waals surface area (Å²) >= 11 is 0. The van der Waals surface area contributed by atoms with Crippen molar-refractivity contribution in [3.8, 4) is 0 Å². The molecule has 4 atom stereocenters. The molecule has 8 heteroatoms. The van der Waals surface area contributed by atoms with E-state index in [0.717, 1.165) is 0 Å². The number of rotatable bonds is 3. The van der Waals surface area contributed by atoms with E-state index in [0.29, 0.717) is 0 Å². The fraction of sp³-hybridized carbons (Fsp3) is 0.778. The maximum atomic E-state index is 10.9. The average Bonchev–Trinajstić information content (AvgIpc) is 2.21. The number of nitrogens with one attached hydrogen (secondary N) is 1. The molecule has 98 valence electrons. The number of aliphatic hydroxyl groups is 3. The van der Waals surface area contributed by atoms with Gasteiger partial charge in [-0.1, -0.05) is 0 Å². The largest absolute Gasteiger partial charge is 0.477 e. The van der Waals surface area contributed by atoms with Crippen LogP contribution in [0.3, 0.4) is 0 Å². The normalized spacial score (nSPS) is 37.5. The number of carbonyl (C=O) groups is 2. The van der Waals surface area contributed by atoms with Crippen molar-refractivity contribution < 1.29 is 34.8 Å². The van der Waals surface area contributed by atoms with Gasteiger partial charge in [0.1, 0.15) is 6.10 Å². The summed E-state index contributed by atoms with van der Waals surface area (Å²) in [6, 6.07) is -0.961. The number of hydrogen-bond acceptors (Lipinski definition) is 6. The summed E-state index contributed by atoms with van der Waals surface area (Å²) in [5.74, 6) is -4.67. The number of carbonyl (C=O) groups excluding carboxylic acids is 1. The second kappa shape index (κ2) is 4.96. The van der Waals surface area contributed by atoms with E-state index >= 15 is 0 Å². The lowest BCUT2D eigenvalue weighted by Crippen LogP contribution is -2.63. The minimum Gasteiger partial charge on any atom is -0.477 e. The third kappa shape index (κ3) is 2.91. The number of carboxylic acids is 1. The topological polar surface area (TPSA) is 136 Å². The lowest BCUT2D eigenvalue weighted by Gasteiger charge is -2.41. The van der Waals surface area contributed by atoms with E-state index in [2.05, 4.69) is 5.32 Å². The molecule has 0 aromatic rings. The van der Waals surface area contributed by atoms with Gasteiger partial charge in [-0.3, -0.25) is 4.79 Å². The van der Waals surface area contributed by atoms with Crippen molar-refractivity contribution in [2.24, 2.45) is 0 Å². The van der Waals surface area contributed by atoms with Crippen LogP contribution in [-0.4, -0.2) is 62.9 Å². The Morgan fingerprint density at radius 2 is 2.12 bits per heavy atom. The zero-order valence-corrected chi connectivity index (χ0v) is 9.16. The Balaban J connectivity index is 2.86. The van der Waals surface area contributed by atoms with Crippen LogP contribution in [0.1, 0.15) is 13.3 Å². The molecular weight excluding hydrogens is 234 g/mol. The molecule has 0 bridgehead atoms. The number of carboxylic acid groups (broad SMARTS) is 1. The first-order valence-electron chi connectivity index (χ1n) is 5.00. The van der Waals surface area contributed by atoms with Gasteiger partial charge >= 0.3 is 5.97 Å². The third-order valence-electron chi connectivity index (χ3n) is 2.53. The molecule has 0 radical (unpaired) electrons. The molecule has 1 aliphatic heterocycles. The second-order valence-electron chi connectivity index (χ2n) is 3.93. The Bertz CT molecular complexity index is 320. The molecule has 0 aliphatic carbocycles. The first-order chi connectivity index (χ1) is 7.80. The van der Waals surface area contributed by atoms with Crippen molar-refractivity contribution in [2.45, 2.75) is 37.4 Å². The van der Waals surface area contributed by atoms with E-state index in [9.17, 15) is 19.8 Å². The van der Waals surface area contributed by atoms with Gasteiger partial charge in [-0.05, 0) is 0 Å². The summed E-state index contributed by atoms with van der Waals surface area (Å²) in [4.78, 5) is 21.6. The number of hydrogen-bond donors (Lipinski definition) is 5. The van der Waals surface area contributed by atoms with Crippen LogP contribution in [0, 0.1) is 0 Å². The van der Waals surface area contributed by atoms with Crippen molar-refractivity contribution in [1.29, 1.82) is 0 Å². The fourth-order valence-electron chi connectivity index (χ4n) is 1.74. The van der Waals surface area contributed by atoms with E-state index in [-0.39, 0.29) is 0 Å². The van der Waals surface area contributed by atoms with Gasteiger partial charge in [0, 0.05) is 13.3 Å². The zero-order chi connectivity index (χ0) is 13.2. The Labute approximate surface area is 96.8 Å². The summed E-state index contributed by atoms with van der Waals surface area (Å²) in [6.45, 7) is 0.566. The quantitative estimate of drug-likeness (QED) is 0.370. The lowest BCUT2D eigenvalue weighted by atomic mass is 9.93. The summed E-state index contributed by atoms with van der Waals surface area (Å²) in [5.41, 5.74) is 0. The molecule has 5 N–H and O–H groups in total. The van der Waals surface area contributed by atoms with Crippen molar-refractivity contribution in [2.75, 3.05) is 6.61 Å². The molecule has 0 spiro atoms.